The minimum atomic E-state index is -0.179. The fraction of sp³-hybridized carbons (Fsp3) is 0.400. The van der Waals surface area contributed by atoms with Gasteiger partial charge in [-0.25, -0.2) is 0 Å². The van der Waals surface area contributed by atoms with Crippen LogP contribution in [0.4, 0.5) is 0 Å². The Labute approximate surface area is 109 Å². The van der Waals surface area contributed by atoms with E-state index in [9.17, 15) is 4.79 Å². The average Bonchev–Trinajstić information content (AvgIpc) is 2.40. The van der Waals surface area contributed by atoms with Crippen molar-refractivity contribution < 1.29 is 9.53 Å². The maximum atomic E-state index is 11.6. The molecule has 1 N–H and O–H groups in total. The van der Waals surface area contributed by atoms with E-state index >= 15 is 0 Å². The van der Waals surface area contributed by atoms with Crippen molar-refractivity contribution in [3.8, 4) is 11.8 Å². The molecule has 0 heterocycles. The molecular formula is C15H19NO2. The van der Waals surface area contributed by atoms with Crippen LogP contribution in [0.2, 0.25) is 0 Å². The molecule has 1 rings (SSSR count). The third kappa shape index (κ3) is 4.23. The first kappa shape index (κ1) is 14.3. The van der Waals surface area contributed by atoms with Crippen LogP contribution in [0.1, 0.15) is 18.1 Å². The summed E-state index contributed by atoms with van der Waals surface area (Å²) in [5, 5.41) is 3.01. The van der Waals surface area contributed by atoms with E-state index < -0.39 is 0 Å². The number of nitrogens with one attached hydrogen (secondary N) is 1. The Bertz CT molecular complexity index is 440. The Kier molecular flexibility index (Phi) is 5.96. The number of carbonyl (C=O) groups excluding carboxylic acids is 1. The summed E-state index contributed by atoms with van der Waals surface area (Å²) in [7, 11) is 3.25. The second-order valence-corrected chi connectivity index (χ2v) is 4.05. The summed E-state index contributed by atoms with van der Waals surface area (Å²) in [6.07, 6.45) is 0.674. The van der Waals surface area contributed by atoms with E-state index in [0.29, 0.717) is 13.0 Å². The molecule has 0 radical (unpaired) electrons. The molecule has 96 valence electrons. The molecule has 3 heteroatoms. The number of esters is 1. The van der Waals surface area contributed by atoms with Crippen LogP contribution in [0.25, 0.3) is 0 Å². The van der Waals surface area contributed by atoms with Crippen molar-refractivity contribution in [3.05, 3.63) is 35.4 Å². The van der Waals surface area contributed by atoms with E-state index in [1.54, 1.807) is 0 Å². The average molecular weight is 245 g/mol. The van der Waals surface area contributed by atoms with Crippen LogP contribution in [0.3, 0.4) is 0 Å². The first-order chi connectivity index (χ1) is 8.71. The first-order valence-electron chi connectivity index (χ1n) is 5.95. The van der Waals surface area contributed by atoms with E-state index in [1.165, 1.54) is 7.11 Å². The number of ether oxygens (including phenoxy) is 1. The zero-order valence-electron chi connectivity index (χ0n) is 11.1. The monoisotopic (exact) mass is 245 g/mol. The lowest BCUT2D eigenvalue weighted by molar-refractivity contribution is -0.145. The number of hydrogen-bond acceptors (Lipinski definition) is 3. The molecule has 0 aliphatic carbocycles. The fourth-order valence-electron chi connectivity index (χ4n) is 1.80. The number of hydrogen-bond donors (Lipinski definition) is 1. The minimum Gasteiger partial charge on any atom is -0.469 e. The van der Waals surface area contributed by atoms with Gasteiger partial charge in [-0.1, -0.05) is 18.1 Å². The summed E-state index contributed by atoms with van der Waals surface area (Å²) >= 11 is 0. The van der Waals surface area contributed by atoms with Crippen molar-refractivity contribution in [2.75, 3.05) is 20.7 Å². The van der Waals surface area contributed by atoms with Crippen molar-refractivity contribution in [2.45, 2.75) is 13.3 Å². The standard InChI is InChI=1S/C15H19NO2/c1-4-5-12-6-8-13(9-7-12)10-14(11-16-2)15(17)18-3/h6-9,14,16H,10-11H2,1-3H3. The normalized spacial score (nSPS) is 11.3. The predicted octanol–water partition coefficient (Wildman–Crippen LogP) is 1.61. The summed E-state index contributed by atoms with van der Waals surface area (Å²) in [5.41, 5.74) is 2.10. The van der Waals surface area contributed by atoms with Gasteiger partial charge in [0.2, 0.25) is 0 Å². The Morgan fingerprint density at radius 3 is 2.56 bits per heavy atom. The zero-order chi connectivity index (χ0) is 13.4. The van der Waals surface area contributed by atoms with Gasteiger partial charge in [-0.2, -0.15) is 0 Å². The molecule has 0 aliphatic rings. The number of rotatable bonds is 5. The SMILES string of the molecule is CC#Cc1ccc(CC(CNC)C(=O)OC)cc1. The lowest BCUT2D eigenvalue weighted by Crippen LogP contribution is -2.29. The van der Waals surface area contributed by atoms with Crippen LogP contribution < -0.4 is 5.32 Å². The highest BCUT2D eigenvalue weighted by Crippen LogP contribution is 2.11. The highest BCUT2D eigenvalue weighted by Gasteiger charge is 2.18. The topological polar surface area (TPSA) is 38.3 Å². The maximum absolute atomic E-state index is 11.6. The van der Waals surface area contributed by atoms with Crippen molar-refractivity contribution in [2.24, 2.45) is 5.92 Å². The smallest absolute Gasteiger partial charge is 0.310 e. The zero-order valence-corrected chi connectivity index (χ0v) is 11.1. The van der Waals surface area contributed by atoms with Crippen LogP contribution in [-0.4, -0.2) is 26.7 Å². The Morgan fingerprint density at radius 1 is 1.39 bits per heavy atom. The van der Waals surface area contributed by atoms with Crippen LogP contribution in [-0.2, 0) is 16.0 Å². The van der Waals surface area contributed by atoms with E-state index in [0.717, 1.165) is 11.1 Å². The molecule has 0 amide bonds. The molecule has 1 aromatic rings. The summed E-state index contributed by atoms with van der Waals surface area (Å²) in [4.78, 5) is 11.6. The number of carbonyl (C=O) groups is 1. The third-order valence-electron chi connectivity index (χ3n) is 2.69. The molecule has 18 heavy (non-hydrogen) atoms. The van der Waals surface area contributed by atoms with Crippen LogP contribution in [0.5, 0.6) is 0 Å². The van der Waals surface area contributed by atoms with E-state index in [-0.39, 0.29) is 11.9 Å². The maximum Gasteiger partial charge on any atom is 0.310 e. The molecule has 0 fully saturated rings. The van der Waals surface area contributed by atoms with E-state index in [2.05, 4.69) is 17.2 Å². The van der Waals surface area contributed by atoms with E-state index in [1.807, 2.05) is 38.2 Å². The number of benzene rings is 1. The third-order valence-corrected chi connectivity index (χ3v) is 2.69. The second kappa shape index (κ2) is 7.52. The molecule has 3 nitrogen and oxygen atoms in total. The largest absolute Gasteiger partial charge is 0.469 e. The van der Waals surface area contributed by atoms with Gasteiger partial charge in [0.05, 0.1) is 13.0 Å². The van der Waals surface area contributed by atoms with Crippen LogP contribution in [0, 0.1) is 17.8 Å². The molecular weight excluding hydrogens is 226 g/mol. The van der Waals surface area contributed by atoms with E-state index in [4.69, 9.17) is 4.74 Å². The highest BCUT2D eigenvalue weighted by atomic mass is 16.5. The Hall–Kier alpha value is -1.79. The summed E-state index contributed by atoms with van der Waals surface area (Å²) in [6.45, 7) is 2.43. The molecule has 0 aromatic heterocycles. The molecule has 1 aromatic carbocycles. The molecule has 0 aliphatic heterocycles. The van der Waals surface area contributed by atoms with Gasteiger partial charge in [0.15, 0.2) is 0 Å². The van der Waals surface area contributed by atoms with Gasteiger partial charge in [-0.05, 0) is 38.1 Å². The van der Waals surface area contributed by atoms with Gasteiger partial charge in [-0.15, -0.1) is 5.92 Å². The van der Waals surface area contributed by atoms with Crippen LogP contribution >= 0.6 is 0 Å². The molecule has 1 atom stereocenters. The van der Waals surface area contributed by atoms with Gasteiger partial charge in [0.25, 0.3) is 0 Å². The van der Waals surface area contributed by atoms with Gasteiger partial charge < -0.3 is 10.1 Å². The minimum absolute atomic E-state index is 0.150. The molecule has 1 unspecified atom stereocenters. The Morgan fingerprint density at radius 2 is 2.06 bits per heavy atom. The van der Waals surface area contributed by atoms with Crippen molar-refractivity contribution in [1.29, 1.82) is 0 Å². The quantitative estimate of drug-likeness (QED) is 0.632. The molecule has 0 spiro atoms. The molecule has 0 saturated carbocycles. The molecule has 0 saturated heterocycles. The summed E-state index contributed by atoms with van der Waals surface area (Å²) in [6, 6.07) is 7.95. The van der Waals surface area contributed by atoms with Crippen molar-refractivity contribution >= 4 is 5.97 Å². The van der Waals surface area contributed by atoms with Crippen molar-refractivity contribution in [3.63, 3.8) is 0 Å². The lowest BCUT2D eigenvalue weighted by atomic mass is 9.98. The van der Waals surface area contributed by atoms with Crippen molar-refractivity contribution in [1.82, 2.24) is 5.32 Å². The van der Waals surface area contributed by atoms with Gasteiger partial charge >= 0.3 is 5.97 Å². The highest BCUT2D eigenvalue weighted by molar-refractivity contribution is 5.73. The van der Waals surface area contributed by atoms with Gasteiger partial charge in [-0.3, -0.25) is 4.79 Å². The first-order valence-corrected chi connectivity index (χ1v) is 5.95. The lowest BCUT2D eigenvalue weighted by Gasteiger charge is -2.14. The second-order valence-electron chi connectivity index (χ2n) is 4.05. The summed E-state index contributed by atoms with van der Waals surface area (Å²) < 4.78 is 4.80. The molecule has 0 bridgehead atoms. The Balaban J connectivity index is 2.73. The summed E-state index contributed by atoms with van der Waals surface area (Å²) in [5.74, 6) is 5.52. The predicted molar refractivity (Wildman–Crippen MR) is 72.1 cm³/mol. The number of methoxy groups -OCH3 is 1. The van der Waals surface area contributed by atoms with Crippen LogP contribution in [0.15, 0.2) is 24.3 Å². The fourth-order valence-corrected chi connectivity index (χ4v) is 1.80. The van der Waals surface area contributed by atoms with Gasteiger partial charge in [0.1, 0.15) is 0 Å². The van der Waals surface area contributed by atoms with Gasteiger partial charge in [0, 0.05) is 12.1 Å².